The van der Waals surface area contributed by atoms with Crippen molar-refractivity contribution < 1.29 is 9.90 Å². The monoisotopic (exact) mass is 201 g/mol. The molecule has 0 fully saturated rings. The number of nitrogens with two attached hydrogens (primary N) is 1. The molecule has 0 bridgehead atoms. The molecular formula is C7H8ClN3O2. The Morgan fingerprint density at radius 2 is 2.46 bits per heavy atom. The van der Waals surface area contributed by atoms with Gasteiger partial charge < -0.3 is 10.8 Å². The summed E-state index contributed by atoms with van der Waals surface area (Å²) in [6.07, 6.45) is 1.61. The average molecular weight is 202 g/mol. The number of aromatic nitrogens is 2. The quantitative estimate of drug-likeness (QED) is 0.677. The SMILES string of the molecule is N[C@H](Cc1ccnc(Cl)n1)C(=O)O. The number of hydrogen-bond acceptors (Lipinski definition) is 4. The fourth-order valence-corrected chi connectivity index (χ4v) is 0.961. The normalized spacial score (nSPS) is 12.5. The number of carboxylic acid groups (broad SMARTS) is 1. The number of carboxylic acids is 1. The first-order valence-electron chi connectivity index (χ1n) is 3.55. The molecule has 6 heteroatoms. The number of halogens is 1. The maximum atomic E-state index is 10.4. The highest BCUT2D eigenvalue weighted by molar-refractivity contribution is 6.28. The van der Waals surface area contributed by atoms with Crippen molar-refractivity contribution in [2.75, 3.05) is 0 Å². The Morgan fingerprint density at radius 3 is 3.00 bits per heavy atom. The molecule has 5 nitrogen and oxygen atoms in total. The van der Waals surface area contributed by atoms with Crippen molar-refractivity contribution in [1.29, 1.82) is 0 Å². The van der Waals surface area contributed by atoms with Gasteiger partial charge in [-0.1, -0.05) is 0 Å². The Kier molecular flexibility index (Phi) is 3.16. The van der Waals surface area contributed by atoms with Crippen LogP contribution in [0, 0.1) is 0 Å². The summed E-state index contributed by atoms with van der Waals surface area (Å²) in [5.74, 6) is -1.06. The summed E-state index contributed by atoms with van der Waals surface area (Å²) in [7, 11) is 0. The van der Waals surface area contributed by atoms with E-state index in [1.165, 1.54) is 6.20 Å². The van der Waals surface area contributed by atoms with Gasteiger partial charge in [0.1, 0.15) is 6.04 Å². The number of carbonyl (C=O) groups is 1. The molecular weight excluding hydrogens is 194 g/mol. The van der Waals surface area contributed by atoms with E-state index in [4.69, 9.17) is 22.4 Å². The number of rotatable bonds is 3. The second-order valence-corrected chi connectivity index (χ2v) is 2.80. The summed E-state index contributed by atoms with van der Waals surface area (Å²) in [4.78, 5) is 17.9. The van der Waals surface area contributed by atoms with E-state index >= 15 is 0 Å². The molecule has 0 aliphatic rings. The van der Waals surface area contributed by atoms with Crippen molar-refractivity contribution in [3.05, 3.63) is 23.2 Å². The minimum Gasteiger partial charge on any atom is -0.480 e. The van der Waals surface area contributed by atoms with Gasteiger partial charge in [0, 0.05) is 18.3 Å². The number of hydrogen-bond donors (Lipinski definition) is 2. The Morgan fingerprint density at radius 1 is 1.77 bits per heavy atom. The third-order valence-corrected chi connectivity index (χ3v) is 1.61. The van der Waals surface area contributed by atoms with Crippen LogP contribution in [0.15, 0.2) is 12.3 Å². The lowest BCUT2D eigenvalue weighted by atomic mass is 10.2. The van der Waals surface area contributed by atoms with Crippen LogP contribution in [0.25, 0.3) is 0 Å². The molecule has 0 aliphatic heterocycles. The van der Waals surface area contributed by atoms with E-state index in [1.807, 2.05) is 0 Å². The van der Waals surface area contributed by atoms with Crippen LogP contribution in [0.3, 0.4) is 0 Å². The molecule has 0 spiro atoms. The molecule has 1 heterocycles. The third kappa shape index (κ3) is 2.96. The largest absolute Gasteiger partial charge is 0.480 e. The van der Waals surface area contributed by atoms with Crippen LogP contribution in [-0.4, -0.2) is 27.1 Å². The summed E-state index contributed by atoms with van der Waals surface area (Å²) in [6, 6.07) is 0.625. The first-order chi connectivity index (χ1) is 6.09. The summed E-state index contributed by atoms with van der Waals surface area (Å²) >= 11 is 5.50. The molecule has 3 N–H and O–H groups in total. The summed E-state index contributed by atoms with van der Waals surface area (Å²) in [6.45, 7) is 0. The van der Waals surface area contributed by atoms with Gasteiger partial charge in [0.2, 0.25) is 5.28 Å². The molecule has 0 radical (unpaired) electrons. The van der Waals surface area contributed by atoms with Crippen LogP contribution in [0.5, 0.6) is 0 Å². The Bertz CT molecular complexity index is 318. The third-order valence-electron chi connectivity index (χ3n) is 1.43. The molecule has 1 aromatic heterocycles. The zero-order valence-corrected chi connectivity index (χ0v) is 7.40. The Balaban J connectivity index is 2.69. The van der Waals surface area contributed by atoms with Crippen molar-refractivity contribution in [3.8, 4) is 0 Å². The minimum atomic E-state index is -1.06. The van der Waals surface area contributed by atoms with Crippen LogP contribution in [-0.2, 0) is 11.2 Å². The second-order valence-electron chi connectivity index (χ2n) is 2.47. The molecule has 1 rings (SSSR count). The predicted octanol–water partition coefficient (Wildman–Crippen LogP) is 0.0844. The minimum absolute atomic E-state index is 0.0927. The van der Waals surface area contributed by atoms with Crippen LogP contribution < -0.4 is 5.73 Å². The fourth-order valence-electron chi connectivity index (χ4n) is 0.796. The van der Waals surface area contributed by atoms with Crippen molar-refractivity contribution >= 4 is 17.6 Å². The van der Waals surface area contributed by atoms with Crippen molar-refractivity contribution in [2.24, 2.45) is 5.73 Å². The molecule has 0 aliphatic carbocycles. The smallest absolute Gasteiger partial charge is 0.320 e. The zero-order chi connectivity index (χ0) is 9.84. The van der Waals surface area contributed by atoms with Crippen LogP contribution >= 0.6 is 11.6 Å². The lowest BCUT2D eigenvalue weighted by molar-refractivity contribution is -0.138. The van der Waals surface area contributed by atoms with Gasteiger partial charge in [0.05, 0.1) is 0 Å². The van der Waals surface area contributed by atoms with E-state index in [-0.39, 0.29) is 11.7 Å². The van der Waals surface area contributed by atoms with E-state index < -0.39 is 12.0 Å². The Hall–Kier alpha value is -1.20. The number of aliphatic carboxylic acids is 1. The highest BCUT2D eigenvalue weighted by Gasteiger charge is 2.12. The topological polar surface area (TPSA) is 89.1 Å². The molecule has 1 atom stereocenters. The van der Waals surface area contributed by atoms with Gasteiger partial charge >= 0.3 is 5.97 Å². The van der Waals surface area contributed by atoms with Gasteiger partial charge in [0.25, 0.3) is 0 Å². The summed E-state index contributed by atoms with van der Waals surface area (Å²) in [5, 5.41) is 8.60. The Labute approximate surface area is 79.6 Å². The standard InChI is InChI=1S/C7H8ClN3O2/c8-7-10-2-1-4(11-7)3-5(9)6(12)13/h1-2,5H,3,9H2,(H,12,13)/t5-/m1/s1. The van der Waals surface area contributed by atoms with Crippen molar-refractivity contribution in [1.82, 2.24) is 9.97 Å². The van der Waals surface area contributed by atoms with Gasteiger partial charge in [-0.2, -0.15) is 0 Å². The average Bonchev–Trinajstić information content (AvgIpc) is 2.04. The van der Waals surface area contributed by atoms with Gasteiger partial charge in [0.15, 0.2) is 0 Å². The van der Waals surface area contributed by atoms with Crippen LogP contribution in [0.4, 0.5) is 0 Å². The van der Waals surface area contributed by atoms with E-state index in [2.05, 4.69) is 9.97 Å². The first-order valence-corrected chi connectivity index (χ1v) is 3.93. The molecule has 0 aromatic carbocycles. The van der Waals surface area contributed by atoms with Crippen LogP contribution in [0.2, 0.25) is 5.28 Å². The molecule has 13 heavy (non-hydrogen) atoms. The molecule has 1 aromatic rings. The van der Waals surface area contributed by atoms with Gasteiger partial charge in [-0.15, -0.1) is 0 Å². The first kappa shape index (κ1) is 9.88. The van der Waals surface area contributed by atoms with Gasteiger partial charge in [-0.05, 0) is 17.7 Å². The predicted molar refractivity (Wildman–Crippen MR) is 46.4 cm³/mol. The van der Waals surface area contributed by atoms with Gasteiger partial charge in [-0.25, -0.2) is 9.97 Å². The maximum absolute atomic E-state index is 10.4. The lowest BCUT2D eigenvalue weighted by Gasteiger charge is -2.04. The zero-order valence-electron chi connectivity index (χ0n) is 6.64. The highest BCUT2D eigenvalue weighted by Crippen LogP contribution is 2.02. The van der Waals surface area contributed by atoms with Crippen molar-refractivity contribution in [2.45, 2.75) is 12.5 Å². The summed E-state index contributed by atoms with van der Waals surface area (Å²) in [5.41, 5.74) is 5.82. The molecule has 0 saturated carbocycles. The second kappa shape index (κ2) is 4.15. The molecule has 0 unspecified atom stereocenters. The molecule has 0 amide bonds. The number of nitrogens with zero attached hydrogens (tertiary/aromatic N) is 2. The fraction of sp³-hybridized carbons (Fsp3) is 0.286. The van der Waals surface area contributed by atoms with E-state index in [1.54, 1.807) is 6.07 Å². The summed E-state index contributed by atoms with van der Waals surface area (Å²) < 4.78 is 0. The van der Waals surface area contributed by atoms with E-state index in [0.29, 0.717) is 5.69 Å². The van der Waals surface area contributed by atoms with Crippen molar-refractivity contribution in [3.63, 3.8) is 0 Å². The van der Waals surface area contributed by atoms with Crippen LogP contribution in [0.1, 0.15) is 5.69 Å². The van der Waals surface area contributed by atoms with Gasteiger partial charge in [-0.3, -0.25) is 4.79 Å². The highest BCUT2D eigenvalue weighted by atomic mass is 35.5. The molecule has 70 valence electrons. The van der Waals surface area contributed by atoms with E-state index in [0.717, 1.165) is 0 Å². The molecule has 0 saturated heterocycles. The lowest BCUT2D eigenvalue weighted by Crippen LogP contribution is -2.32. The van der Waals surface area contributed by atoms with E-state index in [9.17, 15) is 4.79 Å². The maximum Gasteiger partial charge on any atom is 0.320 e.